The van der Waals surface area contributed by atoms with Gasteiger partial charge in [0.2, 0.25) is 5.91 Å². The first kappa shape index (κ1) is 19.1. The number of hydrogen-bond donors (Lipinski definition) is 1. The molecule has 2 atom stereocenters. The zero-order valence-electron chi connectivity index (χ0n) is 14.5. The number of aromatic nitrogens is 1. The van der Waals surface area contributed by atoms with Crippen LogP contribution < -0.4 is 10.4 Å². The molecule has 2 rings (SSSR count). The summed E-state index contributed by atoms with van der Waals surface area (Å²) in [5.74, 6) is -2.16. The van der Waals surface area contributed by atoms with E-state index in [2.05, 4.69) is 10.3 Å². The Kier molecular flexibility index (Phi) is 7.13. The number of hydrogen-bond acceptors (Lipinski definition) is 5. The maximum Gasteiger partial charge on any atom is 0.226 e. The number of nitrogens with zero attached hydrogens (tertiary/aromatic N) is 1. The molecule has 0 saturated heterocycles. The van der Waals surface area contributed by atoms with Crippen LogP contribution in [0.2, 0.25) is 0 Å². The molecule has 134 valence electrons. The van der Waals surface area contributed by atoms with Crippen LogP contribution in [0.1, 0.15) is 39.5 Å². The highest BCUT2D eigenvalue weighted by atomic mass is 32.1. The molecule has 0 unspecified atom stereocenters. The molecule has 1 heterocycles. The molecule has 1 amide bonds. The van der Waals surface area contributed by atoms with Crippen molar-refractivity contribution >= 4 is 28.3 Å². The van der Waals surface area contributed by atoms with Crippen LogP contribution in [-0.2, 0) is 9.59 Å². The lowest BCUT2D eigenvalue weighted by atomic mass is 9.87. The summed E-state index contributed by atoms with van der Waals surface area (Å²) in [6.07, 6.45) is 2.42. The number of benzene rings is 1. The standard InChI is InChI=1S/C19H24N2O3S/c1-3-4-10-15(18(23)24)13(2)11-17(22)21-19-20-16(12-25-19)14-8-6-5-7-9-14/h5-9,12-13,15H,3-4,10-11H2,1-2H3,(H,23,24)(H,20,21,22)/p-1/t13-,15-/m0/s1. The van der Waals surface area contributed by atoms with Crippen molar-refractivity contribution in [3.8, 4) is 11.3 Å². The molecule has 5 nitrogen and oxygen atoms in total. The quantitative estimate of drug-likeness (QED) is 0.744. The molecule has 2 aromatic rings. The summed E-state index contributed by atoms with van der Waals surface area (Å²) in [4.78, 5) is 27.9. The normalized spacial score (nSPS) is 13.2. The second kappa shape index (κ2) is 9.32. The minimum absolute atomic E-state index is 0.141. The van der Waals surface area contributed by atoms with E-state index >= 15 is 0 Å². The smallest absolute Gasteiger partial charge is 0.226 e. The average molecular weight is 359 g/mol. The first-order valence-electron chi connectivity index (χ1n) is 8.53. The van der Waals surface area contributed by atoms with E-state index in [-0.39, 0.29) is 18.2 Å². The fourth-order valence-corrected chi connectivity index (χ4v) is 3.47. The van der Waals surface area contributed by atoms with Gasteiger partial charge in [0.05, 0.1) is 5.69 Å². The minimum Gasteiger partial charge on any atom is -0.550 e. The molecule has 1 aromatic carbocycles. The van der Waals surface area contributed by atoms with Gasteiger partial charge in [-0.25, -0.2) is 4.98 Å². The number of carboxylic acids is 1. The maximum atomic E-state index is 12.2. The lowest BCUT2D eigenvalue weighted by Crippen LogP contribution is -2.36. The Balaban J connectivity index is 1.93. The number of thiazole rings is 1. The molecular formula is C19H23N2O3S-. The Bertz CT molecular complexity index is 700. The highest BCUT2D eigenvalue weighted by molar-refractivity contribution is 7.14. The predicted octanol–water partition coefficient (Wildman–Crippen LogP) is 3.33. The van der Waals surface area contributed by atoms with E-state index in [0.717, 1.165) is 24.1 Å². The van der Waals surface area contributed by atoms with Crippen LogP contribution in [0.5, 0.6) is 0 Å². The van der Waals surface area contributed by atoms with Crippen molar-refractivity contribution in [1.29, 1.82) is 0 Å². The second-order valence-corrected chi connectivity index (χ2v) is 7.06. The van der Waals surface area contributed by atoms with Crippen LogP contribution in [0.3, 0.4) is 0 Å². The zero-order chi connectivity index (χ0) is 18.2. The van der Waals surface area contributed by atoms with Gasteiger partial charge in [0, 0.05) is 29.3 Å². The Morgan fingerprint density at radius 2 is 2.00 bits per heavy atom. The molecule has 6 heteroatoms. The summed E-state index contributed by atoms with van der Waals surface area (Å²) < 4.78 is 0. The Labute approximate surface area is 152 Å². The van der Waals surface area contributed by atoms with Crippen LogP contribution in [0.4, 0.5) is 5.13 Å². The van der Waals surface area contributed by atoms with Gasteiger partial charge in [-0.3, -0.25) is 4.79 Å². The average Bonchev–Trinajstić information content (AvgIpc) is 3.04. The van der Waals surface area contributed by atoms with Gasteiger partial charge in [-0.2, -0.15) is 0 Å². The molecule has 0 spiro atoms. The van der Waals surface area contributed by atoms with Crippen molar-refractivity contribution in [2.75, 3.05) is 5.32 Å². The number of amides is 1. The SMILES string of the molecule is CCCC[C@H](C(=O)[O-])[C@@H](C)CC(=O)Nc1nc(-c2ccccc2)cs1. The summed E-state index contributed by atoms with van der Waals surface area (Å²) in [7, 11) is 0. The van der Waals surface area contributed by atoms with E-state index in [4.69, 9.17) is 0 Å². The molecular weight excluding hydrogens is 336 g/mol. The fourth-order valence-electron chi connectivity index (χ4n) is 2.74. The molecule has 25 heavy (non-hydrogen) atoms. The third-order valence-corrected chi connectivity index (χ3v) is 4.94. The van der Waals surface area contributed by atoms with Crippen molar-refractivity contribution in [2.45, 2.75) is 39.5 Å². The van der Waals surface area contributed by atoms with Crippen LogP contribution in [0.15, 0.2) is 35.7 Å². The minimum atomic E-state index is -1.07. The Hall–Kier alpha value is -2.21. The molecule has 0 fully saturated rings. The molecule has 0 aliphatic carbocycles. The summed E-state index contributed by atoms with van der Waals surface area (Å²) in [5.41, 5.74) is 1.80. The largest absolute Gasteiger partial charge is 0.550 e. The summed E-state index contributed by atoms with van der Waals surface area (Å²) in [6, 6.07) is 9.73. The van der Waals surface area contributed by atoms with E-state index in [1.165, 1.54) is 11.3 Å². The van der Waals surface area contributed by atoms with Crippen molar-refractivity contribution in [2.24, 2.45) is 11.8 Å². The highest BCUT2D eigenvalue weighted by Gasteiger charge is 2.21. The second-order valence-electron chi connectivity index (χ2n) is 6.20. The predicted molar refractivity (Wildman–Crippen MR) is 98.0 cm³/mol. The maximum absolute atomic E-state index is 12.2. The van der Waals surface area contributed by atoms with Gasteiger partial charge in [0.25, 0.3) is 0 Å². The van der Waals surface area contributed by atoms with Gasteiger partial charge in [-0.1, -0.05) is 57.0 Å². The number of carboxylic acid groups (broad SMARTS) is 1. The van der Waals surface area contributed by atoms with E-state index in [9.17, 15) is 14.7 Å². The van der Waals surface area contributed by atoms with Gasteiger partial charge in [-0.05, 0) is 12.3 Å². The number of nitrogens with one attached hydrogen (secondary N) is 1. The van der Waals surface area contributed by atoms with Gasteiger partial charge >= 0.3 is 0 Å². The lowest BCUT2D eigenvalue weighted by Gasteiger charge is -2.24. The summed E-state index contributed by atoms with van der Waals surface area (Å²) >= 11 is 1.36. The van der Waals surface area contributed by atoms with Gasteiger partial charge in [0.15, 0.2) is 5.13 Å². The number of carbonyl (C=O) groups is 2. The Morgan fingerprint density at radius 3 is 2.64 bits per heavy atom. The first-order valence-corrected chi connectivity index (χ1v) is 9.40. The lowest BCUT2D eigenvalue weighted by molar-refractivity contribution is -0.313. The van der Waals surface area contributed by atoms with Gasteiger partial charge < -0.3 is 15.2 Å². The highest BCUT2D eigenvalue weighted by Crippen LogP contribution is 2.26. The molecule has 0 bridgehead atoms. The zero-order valence-corrected chi connectivity index (χ0v) is 15.3. The number of aliphatic carboxylic acids is 1. The van der Waals surface area contributed by atoms with Gasteiger partial charge in [0.1, 0.15) is 0 Å². The van der Waals surface area contributed by atoms with Crippen LogP contribution >= 0.6 is 11.3 Å². The van der Waals surface area contributed by atoms with Crippen LogP contribution in [0.25, 0.3) is 11.3 Å². The van der Waals surface area contributed by atoms with Gasteiger partial charge in [-0.15, -0.1) is 11.3 Å². The molecule has 0 aliphatic heterocycles. The summed E-state index contributed by atoms with van der Waals surface area (Å²) in [5, 5.41) is 16.5. The third-order valence-electron chi connectivity index (χ3n) is 4.19. The molecule has 1 aromatic heterocycles. The number of rotatable bonds is 9. The summed E-state index contributed by atoms with van der Waals surface area (Å²) in [6.45, 7) is 3.80. The van der Waals surface area contributed by atoms with Crippen molar-refractivity contribution in [3.63, 3.8) is 0 Å². The number of unbranched alkanes of at least 4 members (excludes halogenated alkanes) is 1. The van der Waals surface area contributed by atoms with E-state index in [1.807, 2.05) is 42.6 Å². The Morgan fingerprint density at radius 1 is 1.28 bits per heavy atom. The molecule has 1 N–H and O–H groups in total. The fraction of sp³-hybridized carbons (Fsp3) is 0.421. The topological polar surface area (TPSA) is 82.1 Å². The molecule has 0 saturated carbocycles. The van der Waals surface area contributed by atoms with E-state index in [0.29, 0.717) is 11.6 Å². The monoisotopic (exact) mass is 359 g/mol. The molecule has 0 aliphatic rings. The van der Waals surface area contributed by atoms with Crippen LogP contribution in [-0.4, -0.2) is 16.9 Å². The molecule has 0 radical (unpaired) electrons. The first-order chi connectivity index (χ1) is 12.0. The third kappa shape index (κ3) is 5.67. The van der Waals surface area contributed by atoms with E-state index < -0.39 is 11.9 Å². The van der Waals surface area contributed by atoms with Crippen LogP contribution in [0, 0.1) is 11.8 Å². The van der Waals surface area contributed by atoms with Crippen molar-refractivity contribution in [3.05, 3.63) is 35.7 Å². The number of carbonyl (C=O) groups excluding carboxylic acids is 2. The van der Waals surface area contributed by atoms with Crippen molar-refractivity contribution in [1.82, 2.24) is 4.98 Å². The van der Waals surface area contributed by atoms with Crippen molar-refractivity contribution < 1.29 is 14.7 Å². The number of anilines is 1. The van der Waals surface area contributed by atoms with E-state index in [1.54, 1.807) is 6.92 Å².